The molecule has 6 nitrogen and oxygen atoms in total. The Hall–Kier alpha value is -1.73. The van der Waals surface area contributed by atoms with Gasteiger partial charge in [-0.3, -0.25) is 9.67 Å². The Balaban J connectivity index is 1.67. The van der Waals surface area contributed by atoms with E-state index in [4.69, 9.17) is 0 Å². The molecule has 1 aliphatic heterocycles. The van der Waals surface area contributed by atoms with Crippen molar-refractivity contribution >= 4 is 10.0 Å². The van der Waals surface area contributed by atoms with Crippen LogP contribution in [0.5, 0.6) is 0 Å². The van der Waals surface area contributed by atoms with Gasteiger partial charge in [0.15, 0.2) is 0 Å². The Bertz CT molecular complexity index is 799. The van der Waals surface area contributed by atoms with Gasteiger partial charge in [-0.1, -0.05) is 13.0 Å². The van der Waals surface area contributed by atoms with Gasteiger partial charge in [-0.15, -0.1) is 0 Å². The van der Waals surface area contributed by atoms with Crippen LogP contribution in [0.15, 0.2) is 30.6 Å². The van der Waals surface area contributed by atoms with Gasteiger partial charge in [0.25, 0.3) is 0 Å². The first-order valence-corrected chi connectivity index (χ1v) is 10.7. The normalized spacial score (nSPS) is 19.2. The summed E-state index contributed by atoms with van der Waals surface area (Å²) in [7, 11) is -3.09. The van der Waals surface area contributed by atoms with Gasteiger partial charge < -0.3 is 0 Å². The highest BCUT2D eigenvalue weighted by Gasteiger charge is 2.25. The molecule has 0 radical (unpaired) electrons. The lowest BCUT2D eigenvalue weighted by molar-refractivity contribution is 0.266. The van der Waals surface area contributed by atoms with Crippen LogP contribution in [0.3, 0.4) is 0 Å². The Morgan fingerprint density at radius 3 is 2.80 bits per heavy atom. The second kappa shape index (κ2) is 7.66. The SMILES string of the molecule is CCCn1nccc1-c1ccc(C[C@@H]2CCCN(S(C)(=O)=O)C2)cn1. The monoisotopic (exact) mass is 362 g/mol. The van der Waals surface area contributed by atoms with E-state index in [2.05, 4.69) is 23.1 Å². The molecule has 0 N–H and O–H groups in total. The van der Waals surface area contributed by atoms with Gasteiger partial charge in [-0.05, 0) is 49.3 Å². The molecule has 136 valence electrons. The van der Waals surface area contributed by atoms with E-state index in [0.29, 0.717) is 19.0 Å². The molecule has 2 aromatic rings. The number of rotatable bonds is 6. The number of sulfonamides is 1. The molecule has 3 rings (SSSR count). The highest BCUT2D eigenvalue weighted by Crippen LogP contribution is 2.23. The predicted octanol–water partition coefficient (Wildman–Crippen LogP) is 2.57. The summed E-state index contributed by atoms with van der Waals surface area (Å²) in [6, 6.07) is 6.13. The standard InChI is InChI=1S/C18H26N4O2S/c1-3-10-22-18(8-9-20-22)17-7-6-15(13-19-17)12-16-5-4-11-21(14-16)25(2,23)24/h6-9,13,16H,3-5,10-12,14H2,1-2H3/t16-/m0/s1. The highest BCUT2D eigenvalue weighted by molar-refractivity contribution is 7.88. The number of pyridine rings is 1. The molecule has 0 aliphatic carbocycles. The quantitative estimate of drug-likeness (QED) is 0.792. The van der Waals surface area contributed by atoms with Crippen molar-refractivity contribution in [1.29, 1.82) is 0 Å². The van der Waals surface area contributed by atoms with E-state index < -0.39 is 10.0 Å². The van der Waals surface area contributed by atoms with E-state index in [9.17, 15) is 8.42 Å². The van der Waals surface area contributed by atoms with Crippen LogP contribution in [0.4, 0.5) is 0 Å². The summed E-state index contributed by atoms with van der Waals surface area (Å²) in [4.78, 5) is 4.60. The maximum absolute atomic E-state index is 11.8. The summed E-state index contributed by atoms with van der Waals surface area (Å²) in [6.07, 6.45) is 8.92. The van der Waals surface area contributed by atoms with Crippen LogP contribution in [-0.2, 0) is 23.0 Å². The lowest BCUT2D eigenvalue weighted by atomic mass is 9.93. The fraction of sp³-hybridized carbons (Fsp3) is 0.556. The lowest BCUT2D eigenvalue weighted by Crippen LogP contribution is -2.39. The molecule has 1 atom stereocenters. The van der Waals surface area contributed by atoms with Gasteiger partial charge in [0.2, 0.25) is 10.0 Å². The molecule has 0 bridgehead atoms. The van der Waals surface area contributed by atoms with E-state index in [1.165, 1.54) is 6.26 Å². The topological polar surface area (TPSA) is 68.1 Å². The number of aromatic nitrogens is 3. The van der Waals surface area contributed by atoms with Crippen molar-refractivity contribution in [3.63, 3.8) is 0 Å². The molecule has 0 amide bonds. The third kappa shape index (κ3) is 4.46. The summed E-state index contributed by atoms with van der Waals surface area (Å²) in [5, 5.41) is 4.34. The number of piperidine rings is 1. The van der Waals surface area contributed by atoms with Crippen molar-refractivity contribution in [3.8, 4) is 11.4 Å². The average Bonchev–Trinajstić information content (AvgIpc) is 3.04. The molecule has 1 aliphatic rings. The summed E-state index contributed by atoms with van der Waals surface area (Å²) in [6.45, 7) is 4.28. The van der Waals surface area contributed by atoms with Crippen molar-refractivity contribution in [3.05, 3.63) is 36.2 Å². The number of nitrogens with zero attached hydrogens (tertiary/aromatic N) is 4. The van der Waals surface area contributed by atoms with Crippen LogP contribution in [0.2, 0.25) is 0 Å². The third-order valence-electron chi connectivity index (χ3n) is 4.71. The van der Waals surface area contributed by atoms with Crippen molar-refractivity contribution in [1.82, 2.24) is 19.1 Å². The van der Waals surface area contributed by atoms with Gasteiger partial charge in [-0.25, -0.2) is 12.7 Å². The Morgan fingerprint density at radius 2 is 2.12 bits per heavy atom. The number of hydrogen-bond acceptors (Lipinski definition) is 4. The van der Waals surface area contributed by atoms with Crippen LogP contribution in [-0.4, -0.2) is 46.8 Å². The molecule has 0 spiro atoms. The first-order chi connectivity index (χ1) is 12.0. The molecule has 7 heteroatoms. The Morgan fingerprint density at radius 1 is 1.28 bits per heavy atom. The van der Waals surface area contributed by atoms with E-state index >= 15 is 0 Å². The van der Waals surface area contributed by atoms with Crippen molar-refractivity contribution in [2.75, 3.05) is 19.3 Å². The van der Waals surface area contributed by atoms with Gasteiger partial charge in [0.1, 0.15) is 0 Å². The summed E-state index contributed by atoms with van der Waals surface area (Å²) < 4.78 is 27.1. The zero-order valence-electron chi connectivity index (χ0n) is 14.9. The summed E-state index contributed by atoms with van der Waals surface area (Å²) in [5.41, 5.74) is 3.12. The number of aryl methyl sites for hydroxylation is 1. The second-order valence-corrected chi connectivity index (χ2v) is 8.81. The maximum atomic E-state index is 11.8. The van der Waals surface area contributed by atoms with Crippen LogP contribution in [0.25, 0.3) is 11.4 Å². The highest BCUT2D eigenvalue weighted by atomic mass is 32.2. The smallest absolute Gasteiger partial charge is 0.211 e. The lowest BCUT2D eigenvalue weighted by Gasteiger charge is -2.30. The van der Waals surface area contributed by atoms with Crippen LogP contribution in [0.1, 0.15) is 31.7 Å². The van der Waals surface area contributed by atoms with E-state index in [0.717, 1.165) is 49.2 Å². The van der Waals surface area contributed by atoms with Crippen LogP contribution < -0.4 is 0 Å². The Kier molecular flexibility index (Phi) is 5.54. The molecule has 2 aromatic heterocycles. The molecule has 1 saturated heterocycles. The van der Waals surface area contributed by atoms with Gasteiger partial charge in [0, 0.05) is 32.0 Å². The average molecular weight is 362 g/mol. The zero-order chi connectivity index (χ0) is 17.9. The van der Waals surface area contributed by atoms with Crippen molar-refractivity contribution in [2.45, 2.75) is 39.2 Å². The minimum Gasteiger partial charge on any atom is -0.263 e. The third-order valence-corrected chi connectivity index (χ3v) is 5.98. The molecule has 0 unspecified atom stereocenters. The van der Waals surface area contributed by atoms with E-state index in [1.54, 1.807) is 4.31 Å². The minimum atomic E-state index is -3.09. The van der Waals surface area contributed by atoms with Crippen molar-refractivity contribution in [2.24, 2.45) is 5.92 Å². The van der Waals surface area contributed by atoms with E-state index in [-0.39, 0.29) is 0 Å². The number of hydrogen-bond donors (Lipinski definition) is 0. The van der Waals surface area contributed by atoms with Crippen molar-refractivity contribution < 1.29 is 8.42 Å². The first-order valence-electron chi connectivity index (χ1n) is 8.89. The van der Waals surface area contributed by atoms with Gasteiger partial charge >= 0.3 is 0 Å². The predicted molar refractivity (Wildman–Crippen MR) is 98.6 cm³/mol. The van der Waals surface area contributed by atoms with Crippen LogP contribution in [0, 0.1) is 5.92 Å². The van der Waals surface area contributed by atoms with E-state index in [1.807, 2.05) is 29.2 Å². The zero-order valence-corrected chi connectivity index (χ0v) is 15.7. The molecule has 0 aromatic carbocycles. The molecular formula is C18H26N4O2S. The summed E-state index contributed by atoms with van der Waals surface area (Å²) in [5.74, 6) is 0.363. The van der Waals surface area contributed by atoms with Crippen LogP contribution >= 0.6 is 0 Å². The Labute approximate surface area is 149 Å². The summed E-state index contributed by atoms with van der Waals surface area (Å²) >= 11 is 0. The second-order valence-electron chi connectivity index (χ2n) is 6.82. The van der Waals surface area contributed by atoms with Gasteiger partial charge in [-0.2, -0.15) is 5.10 Å². The maximum Gasteiger partial charge on any atom is 0.211 e. The molecule has 25 heavy (non-hydrogen) atoms. The fourth-order valence-electron chi connectivity index (χ4n) is 3.47. The molecule has 1 fully saturated rings. The largest absolute Gasteiger partial charge is 0.263 e. The van der Waals surface area contributed by atoms with Gasteiger partial charge in [0.05, 0.1) is 17.6 Å². The first kappa shape index (κ1) is 18.1. The molecule has 3 heterocycles. The fourth-order valence-corrected chi connectivity index (χ4v) is 4.41. The minimum absolute atomic E-state index is 0.363. The molecular weight excluding hydrogens is 336 g/mol. The molecule has 0 saturated carbocycles.